The van der Waals surface area contributed by atoms with Crippen LogP contribution in [0.3, 0.4) is 0 Å². The number of hydrogen-bond donors (Lipinski definition) is 1. The third-order valence-corrected chi connectivity index (χ3v) is 3.99. The molecular formula is C14H23BrN2. The minimum atomic E-state index is 0.735. The fourth-order valence-corrected chi connectivity index (χ4v) is 2.35. The van der Waals surface area contributed by atoms with E-state index in [1.165, 1.54) is 12.0 Å². The Balaban J connectivity index is 2.73. The van der Waals surface area contributed by atoms with E-state index in [4.69, 9.17) is 5.73 Å². The first-order valence-corrected chi connectivity index (χ1v) is 7.12. The first-order chi connectivity index (χ1) is 8.08. The van der Waals surface area contributed by atoms with Crippen molar-refractivity contribution in [3.63, 3.8) is 0 Å². The summed E-state index contributed by atoms with van der Waals surface area (Å²) in [7, 11) is 0. The smallest absolute Gasteiger partial charge is 0.0371 e. The van der Waals surface area contributed by atoms with Gasteiger partial charge in [0.15, 0.2) is 0 Å². The third-order valence-electron chi connectivity index (χ3n) is 3.25. The number of halogens is 1. The fourth-order valence-electron chi connectivity index (χ4n) is 1.84. The second-order valence-corrected chi connectivity index (χ2v) is 5.50. The molecule has 1 aromatic carbocycles. The average molecular weight is 299 g/mol. The summed E-state index contributed by atoms with van der Waals surface area (Å²) in [6.07, 6.45) is 1.22. The van der Waals surface area contributed by atoms with Crippen molar-refractivity contribution in [3.8, 4) is 0 Å². The number of benzene rings is 1. The van der Waals surface area contributed by atoms with Crippen LogP contribution in [0, 0.1) is 5.92 Å². The molecule has 2 nitrogen and oxygen atoms in total. The quantitative estimate of drug-likeness (QED) is 0.807. The molecule has 0 saturated heterocycles. The Hall–Kier alpha value is -0.540. The highest BCUT2D eigenvalue weighted by Gasteiger charge is 2.11. The summed E-state index contributed by atoms with van der Waals surface area (Å²) in [6, 6.07) is 6.01. The number of nitrogens with zero attached hydrogens (tertiary/aromatic N) is 1. The molecule has 0 radical (unpaired) electrons. The molecule has 1 rings (SSSR count). The zero-order valence-electron chi connectivity index (χ0n) is 11.0. The van der Waals surface area contributed by atoms with Crippen molar-refractivity contribution < 1.29 is 0 Å². The predicted molar refractivity (Wildman–Crippen MR) is 79.0 cm³/mol. The van der Waals surface area contributed by atoms with Gasteiger partial charge in [-0.25, -0.2) is 0 Å². The van der Waals surface area contributed by atoms with Gasteiger partial charge < -0.3 is 5.73 Å². The molecule has 2 N–H and O–H groups in total. The van der Waals surface area contributed by atoms with Crippen molar-refractivity contribution in [2.75, 3.05) is 18.8 Å². The molecule has 0 aliphatic heterocycles. The van der Waals surface area contributed by atoms with Crippen LogP contribution in [-0.4, -0.2) is 18.0 Å². The maximum Gasteiger partial charge on any atom is 0.0371 e. The summed E-state index contributed by atoms with van der Waals surface area (Å²) in [5.74, 6) is 0.735. The van der Waals surface area contributed by atoms with E-state index in [9.17, 15) is 0 Å². The zero-order chi connectivity index (χ0) is 12.8. The Bertz CT molecular complexity index is 332. The van der Waals surface area contributed by atoms with Gasteiger partial charge in [-0.05, 0) is 24.6 Å². The van der Waals surface area contributed by atoms with Crippen LogP contribution in [0.5, 0.6) is 0 Å². The van der Waals surface area contributed by atoms with Crippen molar-refractivity contribution >= 4 is 21.6 Å². The highest BCUT2D eigenvalue weighted by atomic mass is 79.9. The summed E-state index contributed by atoms with van der Waals surface area (Å²) in [5.41, 5.74) is 8.11. The molecule has 0 aromatic heterocycles. The van der Waals surface area contributed by atoms with Crippen LogP contribution in [0.4, 0.5) is 5.69 Å². The average Bonchev–Trinajstić information content (AvgIpc) is 2.32. The molecule has 1 aromatic rings. The molecule has 96 valence electrons. The number of hydrogen-bond acceptors (Lipinski definition) is 2. The van der Waals surface area contributed by atoms with Crippen LogP contribution in [0.25, 0.3) is 0 Å². The Morgan fingerprint density at radius 2 is 2.06 bits per heavy atom. The molecule has 0 fully saturated rings. The van der Waals surface area contributed by atoms with Crippen molar-refractivity contribution in [3.05, 3.63) is 28.2 Å². The van der Waals surface area contributed by atoms with Gasteiger partial charge in [-0.1, -0.05) is 49.2 Å². The minimum absolute atomic E-state index is 0.735. The maximum absolute atomic E-state index is 6.03. The van der Waals surface area contributed by atoms with E-state index >= 15 is 0 Å². The van der Waals surface area contributed by atoms with Crippen molar-refractivity contribution in [1.82, 2.24) is 4.90 Å². The Morgan fingerprint density at radius 1 is 1.35 bits per heavy atom. The van der Waals surface area contributed by atoms with E-state index in [0.29, 0.717) is 0 Å². The summed E-state index contributed by atoms with van der Waals surface area (Å²) in [6.45, 7) is 9.86. The second-order valence-electron chi connectivity index (χ2n) is 4.65. The first kappa shape index (κ1) is 14.5. The van der Waals surface area contributed by atoms with Gasteiger partial charge in [-0.3, -0.25) is 4.90 Å². The summed E-state index contributed by atoms with van der Waals surface area (Å²) < 4.78 is 1.11. The predicted octanol–water partition coefficient (Wildman–Crippen LogP) is 3.90. The van der Waals surface area contributed by atoms with Gasteiger partial charge >= 0.3 is 0 Å². The lowest BCUT2D eigenvalue weighted by atomic mass is 10.1. The van der Waals surface area contributed by atoms with E-state index in [1.807, 2.05) is 12.1 Å². The van der Waals surface area contributed by atoms with Gasteiger partial charge in [-0.15, -0.1) is 0 Å². The SMILES string of the molecule is CCC(C)CN(CC)Cc1c(N)cccc1Br. The molecule has 3 heteroatoms. The summed E-state index contributed by atoms with van der Waals surface area (Å²) in [5, 5.41) is 0. The van der Waals surface area contributed by atoms with Crippen LogP contribution in [0.2, 0.25) is 0 Å². The van der Waals surface area contributed by atoms with Crippen molar-refractivity contribution in [2.45, 2.75) is 33.7 Å². The van der Waals surface area contributed by atoms with E-state index in [1.54, 1.807) is 0 Å². The Kier molecular flexibility index (Phi) is 6.00. The molecule has 1 unspecified atom stereocenters. The highest BCUT2D eigenvalue weighted by molar-refractivity contribution is 9.10. The molecule has 0 bridgehead atoms. The van der Waals surface area contributed by atoms with Crippen molar-refractivity contribution in [2.24, 2.45) is 5.92 Å². The second kappa shape index (κ2) is 7.02. The number of rotatable bonds is 6. The van der Waals surface area contributed by atoms with E-state index in [0.717, 1.165) is 35.7 Å². The fraction of sp³-hybridized carbons (Fsp3) is 0.571. The minimum Gasteiger partial charge on any atom is -0.398 e. The van der Waals surface area contributed by atoms with Crippen LogP contribution in [0.15, 0.2) is 22.7 Å². The van der Waals surface area contributed by atoms with Gasteiger partial charge in [-0.2, -0.15) is 0 Å². The molecule has 1 atom stereocenters. The molecule has 0 amide bonds. The van der Waals surface area contributed by atoms with E-state index in [2.05, 4.69) is 47.7 Å². The lowest BCUT2D eigenvalue weighted by Crippen LogP contribution is -2.28. The van der Waals surface area contributed by atoms with Gasteiger partial charge in [0.25, 0.3) is 0 Å². The Labute approximate surface area is 113 Å². The van der Waals surface area contributed by atoms with E-state index < -0.39 is 0 Å². The largest absolute Gasteiger partial charge is 0.398 e. The summed E-state index contributed by atoms with van der Waals surface area (Å²) in [4.78, 5) is 2.45. The van der Waals surface area contributed by atoms with Crippen LogP contribution >= 0.6 is 15.9 Å². The number of nitrogen functional groups attached to an aromatic ring is 1. The third kappa shape index (κ3) is 4.32. The number of anilines is 1. The molecule has 17 heavy (non-hydrogen) atoms. The molecule has 0 spiro atoms. The standard InChI is InChI=1S/C14H23BrN2/c1-4-11(3)9-17(5-2)10-12-13(15)7-6-8-14(12)16/h6-8,11H,4-5,9-10,16H2,1-3H3. The van der Waals surface area contributed by atoms with Crippen LogP contribution in [-0.2, 0) is 6.54 Å². The lowest BCUT2D eigenvalue weighted by Gasteiger charge is -2.25. The molecular weight excluding hydrogens is 276 g/mol. The Morgan fingerprint density at radius 3 is 2.59 bits per heavy atom. The zero-order valence-corrected chi connectivity index (χ0v) is 12.6. The maximum atomic E-state index is 6.03. The van der Waals surface area contributed by atoms with Crippen LogP contribution in [0.1, 0.15) is 32.8 Å². The molecule has 0 heterocycles. The summed E-state index contributed by atoms with van der Waals surface area (Å²) >= 11 is 3.58. The first-order valence-electron chi connectivity index (χ1n) is 6.33. The molecule has 0 saturated carbocycles. The van der Waals surface area contributed by atoms with E-state index in [-0.39, 0.29) is 0 Å². The lowest BCUT2D eigenvalue weighted by molar-refractivity contribution is 0.238. The normalized spacial score (nSPS) is 13.0. The van der Waals surface area contributed by atoms with Gasteiger partial charge in [0, 0.05) is 28.8 Å². The topological polar surface area (TPSA) is 29.3 Å². The van der Waals surface area contributed by atoms with Crippen molar-refractivity contribution in [1.29, 1.82) is 0 Å². The monoisotopic (exact) mass is 298 g/mol. The van der Waals surface area contributed by atoms with Gasteiger partial charge in [0.05, 0.1) is 0 Å². The van der Waals surface area contributed by atoms with Gasteiger partial charge in [0.1, 0.15) is 0 Å². The molecule has 0 aliphatic carbocycles. The van der Waals surface area contributed by atoms with Crippen LogP contribution < -0.4 is 5.73 Å². The highest BCUT2D eigenvalue weighted by Crippen LogP contribution is 2.24. The van der Waals surface area contributed by atoms with Gasteiger partial charge in [0.2, 0.25) is 0 Å². The number of nitrogens with two attached hydrogens (primary N) is 1. The molecule has 0 aliphatic rings.